The second-order valence-corrected chi connectivity index (χ2v) is 4.99. The fraction of sp³-hybridized carbons (Fsp3) is 0.333. The summed E-state index contributed by atoms with van der Waals surface area (Å²) in [5, 5.41) is 23.4. The highest BCUT2D eigenvalue weighted by Crippen LogP contribution is 2.26. The van der Waals surface area contributed by atoms with Gasteiger partial charge in [-0.15, -0.1) is 0 Å². The molecule has 1 aromatic heterocycles. The number of nitriles is 1. The molecular formula is C15H17N3O. The molecule has 0 radical (unpaired) electrons. The number of nitrogens with zero attached hydrogens (tertiary/aromatic N) is 3. The first kappa shape index (κ1) is 13.3. The van der Waals surface area contributed by atoms with E-state index in [2.05, 4.69) is 11.2 Å². The van der Waals surface area contributed by atoms with E-state index in [9.17, 15) is 5.11 Å². The first-order valence-electron chi connectivity index (χ1n) is 6.22. The van der Waals surface area contributed by atoms with Crippen LogP contribution in [0.2, 0.25) is 0 Å². The molecule has 4 heteroatoms. The first-order chi connectivity index (χ1) is 9.01. The zero-order valence-corrected chi connectivity index (χ0v) is 11.2. The standard InChI is InChI=1S/C15H17N3O/c1-15(19,8-7-13-10-17-18(2)11-13)14-5-3-12(9-16)4-6-14/h3-6,10-11,19H,7-8H2,1-2H3. The molecule has 0 spiro atoms. The van der Waals surface area contributed by atoms with E-state index in [0.29, 0.717) is 12.0 Å². The van der Waals surface area contributed by atoms with E-state index >= 15 is 0 Å². The van der Waals surface area contributed by atoms with Gasteiger partial charge in [0, 0.05) is 13.2 Å². The molecule has 0 saturated heterocycles. The largest absolute Gasteiger partial charge is 0.385 e. The molecule has 1 N–H and O–H groups in total. The molecule has 0 fully saturated rings. The van der Waals surface area contributed by atoms with E-state index in [1.54, 1.807) is 23.7 Å². The van der Waals surface area contributed by atoms with E-state index in [1.807, 2.05) is 31.6 Å². The van der Waals surface area contributed by atoms with Crippen molar-refractivity contribution in [3.63, 3.8) is 0 Å². The molecule has 0 saturated carbocycles. The average molecular weight is 255 g/mol. The van der Waals surface area contributed by atoms with Crippen molar-refractivity contribution in [3.8, 4) is 6.07 Å². The van der Waals surface area contributed by atoms with Gasteiger partial charge in [0.25, 0.3) is 0 Å². The summed E-state index contributed by atoms with van der Waals surface area (Å²) in [7, 11) is 1.88. The maximum absolute atomic E-state index is 10.5. The summed E-state index contributed by atoms with van der Waals surface area (Å²) in [4.78, 5) is 0. The van der Waals surface area contributed by atoms with Crippen LogP contribution in [0, 0.1) is 11.3 Å². The zero-order chi connectivity index (χ0) is 13.9. The van der Waals surface area contributed by atoms with Gasteiger partial charge < -0.3 is 5.11 Å². The summed E-state index contributed by atoms with van der Waals surface area (Å²) in [6, 6.07) is 9.15. The van der Waals surface area contributed by atoms with Gasteiger partial charge in [-0.25, -0.2) is 0 Å². The lowest BCUT2D eigenvalue weighted by molar-refractivity contribution is 0.0480. The molecular weight excluding hydrogens is 238 g/mol. The Morgan fingerprint density at radius 2 is 2.05 bits per heavy atom. The van der Waals surface area contributed by atoms with Crippen LogP contribution in [0.15, 0.2) is 36.7 Å². The molecule has 0 aliphatic carbocycles. The van der Waals surface area contributed by atoms with Gasteiger partial charge in [-0.3, -0.25) is 4.68 Å². The molecule has 2 rings (SSSR count). The molecule has 1 atom stereocenters. The van der Waals surface area contributed by atoms with Crippen molar-refractivity contribution in [3.05, 3.63) is 53.3 Å². The summed E-state index contributed by atoms with van der Waals surface area (Å²) in [6.07, 6.45) is 5.15. The first-order valence-corrected chi connectivity index (χ1v) is 6.22. The Morgan fingerprint density at radius 1 is 1.37 bits per heavy atom. The Labute approximate surface area is 112 Å². The Bertz CT molecular complexity index is 591. The van der Waals surface area contributed by atoms with Gasteiger partial charge in [0.05, 0.1) is 23.4 Å². The lowest BCUT2D eigenvalue weighted by atomic mass is 9.89. The van der Waals surface area contributed by atoms with Crippen LogP contribution in [0.1, 0.15) is 30.0 Å². The number of aryl methyl sites for hydroxylation is 2. The van der Waals surface area contributed by atoms with Crippen molar-refractivity contribution >= 4 is 0 Å². The van der Waals surface area contributed by atoms with Gasteiger partial charge in [0.2, 0.25) is 0 Å². The Balaban J connectivity index is 2.06. The minimum atomic E-state index is -0.899. The highest BCUT2D eigenvalue weighted by atomic mass is 16.3. The van der Waals surface area contributed by atoms with Crippen molar-refractivity contribution in [2.24, 2.45) is 7.05 Å². The van der Waals surface area contributed by atoms with Gasteiger partial charge in [0.1, 0.15) is 0 Å². The van der Waals surface area contributed by atoms with Crippen molar-refractivity contribution in [1.82, 2.24) is 9.78 Å². The zero-order valence-electron chi connectivity index (χ0n) is 11.2. The topological polar surface area (TPSA) is 61.8 Å². The SMILES string of the molecule is Cn1cc(CCC(C)(O)c2ccc(C#N)cc2)cn1. The second kappa shape index (κ2) is 5.25. The molecule has 0 aliphatic heterocycles. The molecule has 2 aromatic rings. The monoisotopic (exact) mass is 255 g/mol. The molecule has 0 aliphatic rings. The van der Waals surface area contributed by atoms with Crippen molar-refractivity contribution in [2.45, 2.75) is 25.4 Å². The molecule has 4 nitrogen and oxygen atoms in total. The van der Waals surface area contributed by atoms with E-state index in [4.69, 9.17) is 5.26 Å². The summed E-state index contributed by atoms with van der Waals surface area (Å²) >= 11 is 0. The molecule has 0 amide bonds. The van der Waals surface area contributed by atoms with Crippen LogP contribution >= 0.6 is 0 Å². The maximum Gasteiger partial charge on any atom is 0.0991 e. The van der Waals surface area contributed by atoms with Crippen LogP contribution in [0.3, 0.4) is 0 Å². The summed E-state index contributed by atoms with van der Waals surface area (Å²) in [6.45, 7) is 1.80. The van der Waals surface area contributed by atoms with Crippen LogP contribution < -0.4 is 0 Å². The Kier molecular flexibility index (Phi) is 3.68. The Morgan fingerprint density at radius 3 is 2.58 bits per heavy atom. The normalized spacial score (nSPS) is 13.8. The van der Waals surface area contributed by atoms with Crippen LogP contribution in [-0.2, 0) is 19.1 Å². The number of hydrogen-bond acceptors (Lipinski definition) is 3. The third kappa shape index (κ3) is 3.21. The fourth-order valence-corrected chi connectivity index (χ4v) is 2.04. The third-order valence-corrected chi connectivity index (χ3v) is 3.29. The number of rotatable bonds is 4. The van der Waals surface area contributed by atoms with Gasteiger partial charge in [-0.1, -0.05) is 12.1 Å². The number of aromatic nitrogens is 2. The lowest BCUT2D eigenvalue weighted by Crippen LogP contribution is -2.21. The number of aliphatic hydroxyl groups is 1. The number of hydrogen-bond donors (Lipinski definition) is 1. The second-order valence-electron chi connectivity index (χ2n) is 4.99. The predicted octanol–water partition coefficient (Wildman–Crippen LogP) is 2.13. The maximum atomic E-state index is 10.5. The van der Waals surface area contributed by atoms with Crippen molar-refractivity contribution in [2.75, 3.05) is 0 Å². The summed E-state index contributed by atoms with van der Waals surface area (Å²) < 4.78 is 1.76. The molecule has 98 valence electrons. The van der Waals surface area contributed by atoms with Gasteiger partial charge in [-0.05, 0) is 43.0 Å². The van der Waals surface area contributed by atoms with Crippen LogP contribution in [0.4, 0.5) is 0 Å². The smallest absolute Gasteiger partial charge is 0.0991 e. The summed E-state index contributed by atoms with van der Waals surface area (Å²) in [5.41, 5.74) is 1.64. The van der Waals surface area contributed by atoms with E-state index < -0.39 is 5.60 Å². The van der Waals surface area contributed by atoms with E-state index in [0.717, 1.165) is 17.5 Å². The summed E-state index contributed by atoms with van der Waals surface area (Å²) in [5.74, 6) is 0. The van der Waals surface area contributed by atoms with Crippen LogP contribution in [0.5, 0.6) is 0 Å². The van der Waals surface area contributed by atoms with E-state index in [1.165, 1.54) is 0 Å². The molecule has 0 bridgehead atoms. The van der Waals surface area contributed by atoms with Crippen LogP contribution in [0.25, 0.3) is 0 Å². The van der Waals surface area contributed by atoms with Gasteiger partial charge in [0.15, 0.2) is 0 Å². The van der Waals surface area contributed by atoms with E-state index in [-0.39, 0.29) is 0 Å². The molecule has 19 heavy (non-hydrogen) atoms. The molecule has 1 heterocycles. The predicted molar refractivity (Wildman–Crippen MR) is 72.3 cm³/mol. The molecule has 1 aromatic carbocycles. The fourth-order valence-electron chi connectivity index (χ4n) is 2.04. The minimum absolute atomic E-state index is 0.604. The van der Waals surface area contributed by atoms with Gasteiger partial charge in [-0.2, -0.15) is 10.4 Å². The van der Waals surface area contributed by atoms with Crippen molar-refractivity contribution < 1.29 is 5.11 Å². The lowest BCUT2D eigenvalue weighted by Gasteiger charge is -2.23. The average Bonchev–Trinajstić information content (AvgIpc) is 2.82. The Hall–Kier alpha value is -2.12. The highest BCUT2D eigenvalue weighted by Gasteiger charge is 2.22. The minimum Gasteiger partial charge on any atom is -0.385 e. The quantitative estimate of drug-likeness (QED) is 0.910. The molecule has 1 unspecified atom stereocenters. The van der Waals surface area contributed by atoms with Crippen molar-refractivity contribution in [1.29, 1.82) is 5.26 Å². The third-order valence-electron chi connectivity index (χ3n) is 3.29. The van der Waals surface area contributed by atoms with Crippen LogP contribution in [-0.4, -0.2) is 14.9 Å². The highest BCUT2D eigenvalue weighted by molar-refractivity contribution is 5.33. The number of benzene rings is 1. The van der Waals surface area contributed by atoms with Gasteiger partial charge >= 0.3 is 0 Å².